The number of fused-ring (bicyclic) bond motifs is 1. The van der Waals surface area contributed by atoms with Gasteiger partial charge in [-0.1, -0.05) is 57.1 Å². The summed E-state index contributed by atoms with van der Waals surface area (Å²) in [5.41, 5.74) is 2.62. The number of hydrogen-bond donors (Lipinski definition) is 0. The Morgan fingerprint density at radius 2 is 1.79 bits per heavy atom. The summed E-state index contributed by atoms with van der Waals surface area (Å²) in [4.78, 5) is 32.6. The highest BCUT2D eigenvalue weighted by atomic mass is 79.9. The van der Waals surface area contributed by atoms with E-state index in [1.807, 2.05) is 44.2 Å². The molecule has 12 heteroatoms. The van der Waals surface area contributed by atoms with E-state index < -0.39 is 12.0 Å². The number of thiazole rings is 1. The van der Waals surface area contributed by atoms with Gasteiger partial charge in [0.2, 0.25) is 0 Å². The van der Waals surface area contributed by atoms with Crippen molar-refractivity contribution in [3.05, 3.63) is 112 Å². The normalized spacial score (nSPS) is 14.5. The van der Waals surface area contributed by atoms with Gasteiger partial charge in [-0.2, -0.15) is 0 Å². The molecular weight excluding hydrogens is 708 g/mol. The summed E-state index contributed by atoms with van der Waals surface area (Å²) in [6.45, 7) is 7.77. The minimum Gasteiger partial charge on any atom is -0.493 e. The second kappa shape index (κ2) is 14.8. The molecule has 1 aliphatic heterocycles. The molecule has 0 saturated carbocycles. The lowest BCUT2D eigenvalue weighted by molar-refractivity contribution is -0.139. The fourth-order valence-electron chi connectivity index (χ4n) is 5.16. The standard InChI is InChI=1S/C35H34BrClN2O7S/c1-7-44-34(41)30-20(4)38-35-39(31(30)23-10-13-26(46-19(2)3)27(17-23)42-5)33(40)29(47-35)16-22-14-25(37)32(28(15-22)43-6)45-18-21-8-11-24(36)12-9-21/h8-17,19,31H,7,18H2,1-6H3/b29-16-/t31-/m0/s1. The van der Waals surface area contributed by atoms with Crippen LogP contribution in [0.15, 0.2) is 80.1 Å². The van der Waals surface area contributed by atoms with Gasteiger partial charge >= 0.3 is 5.97 Å². The van der Waals surface area contributed by atoms with Crippen molar-refractivity contribution in [3.8, 4) is 23.0 Å². The molecule has 47 heavy (non-hydrogen) atoms. The highest BCUT2D eigenvalue weighted by molar-refractivity contribution is 9.10. The smallest absolute Gasteiger partial charge is 0.338 e. The molecule has 3 aromatic carbocycles. The highest BCUT2D eigenvalue weighted by Crippen LogP contribution is 2.38. The maximum Gasteiger partial charge on any atom is 0.338 e. The van der Waals surface area contributed by atoms with Crippen molar-refractivity contribution in [2.75, 3.05) is 20.8 Å². The maximum atomic E-state index is 14.2. The van der Waals surface area contributed by atoms with Crippen LogP contribution < -0.4 is 33.8 Å². The molecule has 0 N–H and O–H groups in total. The number of halogens is 2. The van der Waals surface area contributed by atoms with Crippen LogP contribution in [0.1, 0.15) is 50.4 Å². The molecule has 0 radical (unpaired) electrons. The van der Waals surface area contributed by atoms with E-state index in [9.17, 15) is 9.59 Å². The van der Waals surface area contributed by atoms with Gasteiger partial charge < -0.3 is 23.7 Å². The predicted molar refractivity (Wildman–Crippen MR) is 186 cm³/mol. The molecule has 0 aliphatic carbocycles. The largest absolute Gasteiger partial charge is 0.493 e. The van der Waals surface area contributed by atoms with E-state index in [0.29, 0.717) is 60.8 Å². The van der Waals surface area contributed by atoms with E-state index >= 15 is 0 Å². The lowest BCUT2D eigenvalue weighted by Gasteiger charge is -2.25. The molecule has 0 spiro atoms. The van der Waals surface area contributed by atoms with Gasteiger partial charge in [0.05, 0.1) is 53.8 Å². The maximum absolute atomic E-state index is 14.2. The van der Waals surface area contributed by atoms with E-state index in [1.54, 1.807) is 51.3 Å². The van der Waals surface area contributed by atoms with Gasteiger partial charge in [-0.25, -0.2) is 9.79 Å². The zero-order chi connectivity index (χ0) is 33.8. The number of rotatable bonds is 11. The Kier molecular flexibility index (Phi) is 10.8. The van der Waals surface area contributed by atoms with Gasteiger partial charge in [0.1, 0.15) is 6.61 Å². The first-order valence-electron chi connectivity index (χ1n) is 14.8. The molecule has 246 valence electrons. The Balaban J connectivity index is 1.59. The first kappa shape index (κ1) is 34.3. The molecule has 1 aliphatic rings. The highest BCUT2D eigenvalue weighted by Gasteiger charge is 2.34. The molecule has 9 nitrogen and oxygen atoms in total. The molecule has 2 heterocycles. The fraction of sp³-hybridized carbons (Fsp3) is 0.286. The molecule has 1 aromatic heterocycles. The summed E-state index contributed by atoms with van der Waals surface area (Å²) in [6.07, 6.45) is 1.64. The van der Waals surface area contributed by atoms with Gasteiger partial charge in [-0.15, -0.1) is 0 Å². The molecule has 0 amide bonds. The second-order valence-corrected chi connectivity index (χ2v) is 13.2. The van der Waals surface area contributed by atoms with Gasteiger partial charge in [0.25, 0.3) is 5.56 Å². The summed E-state index contributed by atoms with van der Waals surface area (Å²) in [5, 5.41) is 0.328. The van der Waals surface area contributed by atoms with Crippen LogP contribution in [0.4, 0.5) is 0 Å². The van der Waals surface area contributed by atoms with E-state index in [1.165, 1.54) is 23.0 Å². The van der Waals surface area contributed by atoms with Crippen LogP contribution in [-0.4, -0.2) is 37.5 Å². The van der Waals surface area contributed by atoms with Gasteiger partial charge in [0, 0.05) is 4.47 Å². The van der Waals surface area contributed by atoms with E-state index in [0.717, 1.165) is 10.0 Å². The molecule has 5 rings (SSSR count). The number of allylic oxidation sites excluding steroid dienone is 1. The Bertz CT molecular complexity index is 2020. The third-order valence-corrected chi connectivity index (χ3v) is 9.02. The predicted octanol–water partition coefficient (Wildman–Crippen LogP) is 6.60. The Morgan fingerprint density at radius 1 is 1.06 bits per heavy atom. The molecular formula is C35H34BrClN2O7S. The lowest BCUT2D eigenvalue weighted by Crippen LogP contribution is -2.40. The number of ether oxygens (including phenoxy) is 5. The number of methoxy groups -OCH3 is 2. The van der Waals surface area contributed by atoms with Crippen molar-refractivity contribution in [3.63, 3.8) is 0 Å². The summed E-state index contributed by atoms with van der Waals surface area (Å²) < 4.78 is 31.5. The zero-order valence-corrected chi connectivity index (χ0v) is 29.9. The summed E-state index contributed by atoms with van der Waals surface area (Å²) >= 11 is 11.3. The van der Waals surface area contributed by atoms with Gasteiger partial charge in [-0.05, 0) is 86.9 Å². The Morgan fingerprint density at radius 3 is 2.45 bits per heavy atom. The summed E-state index contributed by atoms with van der Waals surface area (Å²) in [6, 6.07) is 15.8. The van der Waals surface area contributed by atoms with Crippen molar-refractivity contribution in [2.45, 2.75) is 46.4 Å². The lowest BCUT2D eigenvalue weighted by atomic mass is 9.95. The number of aromatic nitrogens is 1. The molecule has 0 bridgehead atoms. The average Bonchev–Trinajstić information content (AvgIpc) is 3.34. The summed E-state index contributed by atoms with van der Waals surface area (Å²) in [7, 11) is 3.07. The van der Waals surface area contributed by atoms with Crippen molar-refractivity contribution < 1.29 is 28.5 Å². The van der Waals surface area contributed by atoms with Crippen LogP contribution >= 0.6 is 38.9 Å². The zero-order valence-electron chi connectivity index (χ0n) is 26.8. The quantitative estimate of drug-likeness (QED) is 0.160. The molecule has 1 atom stereocenters. The topological polar surface area (TPSA) is 97.6 Å². The Hall–Kier alpha value is -4.06. The monoisotopic (exact) mass is 740 g/mol. The van der Waals surface area contributed by atoms with E-state index in [-0.39, 0.29) is 23.8 Å². The molecule has 4 aromatic rings. The first-order valence-corrected chi connectivity index (χ1v) is 16.8. The van der Waals surface area contributed by atoms with E-state index in [4.69, 9.17) is 35.3 Å². The van der Waals surface area contributed by atoms with Gasteiger partial charge in [-0.3, -0.25) is 9.36 Å². The number of carbonyl (C=O) groups excluding carboxylic acids is 1. The van der Waals surface area contributed by atoms with Crippen molar-refractivity contribution in [1.29, 1.82) is 0 Å². The number of nitrogens with zero attached hydrogens (tertiary/aromatic N) is 2. The van der Waals surface area contributed by atoms with Gasteiger partial charge in [0.15, 0.2) is 27.8 Å². The summed E-state index contributed by atoms with van der Waals surface area (Å²) in [5.74, 6) is 1.28. The molecule has 0 saturated heterocycles. The average molecular weight is 742 g/mol. The van der Waals surface area contributed by atoms with E-state index in [2.05, 4.69) is 20.9 Å². The van der Waals surface area contributed by atoms with Crippen LogP contribution in [-0.2, 0) is 16.1 Å². The Labute approximate surface area is 289 Å². The van der Waals surface area contributed by atoms with Crippen molar-refractivity contribution in [1.82, 2.24) is 4.57 Å². The third kappa shape index (κ3) is 7.42. The van der Waals surface area contributed by atoms with Crippen molar-refractivity contribution >= 4 is 50.9 Å². The van der Waals surface area contributed by atoms with Crippen molar-refractivity contribution in [2.24, 2.45) is 4.99 Å². The molecule has 0 unspecified atom stereocenters. The number of carbonyl (C=O) groups is 1. The van der Waals surface area contributed by atoms with Crippen LogP contribution in [0.2, 0.25) is 5.02 Å². The SMILES string of the molecule is CCOC(=O)C1=C(C)N=c2s/c(=C\c3cc(Cl)c(OCc4ccc(Br)cc4)c(OC)c3)c(=O)n2[C@H]1c1ccc(OC(C)C)c(OC)c1. The second-order valence-electron chi connectivity index (χ2n) is 10.8. The van der Waals surface area contributed by atoms with Crippen LogP contribution in [0.25, 0.3) is 6.08 Å². The minimum absolute atomic E-state index is 0.0797. The molecule has 0 fully saturated rings. The van der Waals surface area contributed by atoms with Crippen LogP contribution in [0.3, 0.4) is 0 Å². The fourth-order valence-corrected chi connectivity index (χ4v) is 6.75. The number of esters is 1. The third-order valence-electron chi connectivity index (χ3n) is 7.23. The first-order chi connectivity index (χ1) is 22.5. The van der Waals surface area contributed by atoms with Crippen LogP contribution in [0, 0.1) is 0 Å². The minimum atomic E-state index is -0.818. The number of hydrogen-bond acceptors (Lipinski definition) is 9. The van der Waals surface area contributed by atoms with Crippen LogP contribution in [0.5, 0.6) is 23.0 Å². The number of benzene rings is 3.